The highest BCUT2D eigenvalue weighted by Gasteiger charge is 2.06. The number of thioether (sulfide) groups is 1. The molecular weight excluding hydrogens is 424 g/mol. The van der Waals surface area contributed by atoms with Crippen LogP contribution in [-0.4, -0.2) is 28.2 Å². The Bertz CT molecular complexity index is 883. The van der Waals surface area contributed by atoms with Crippen molar-refractivity contribution in [3.63, 3.8) is 0 Å². The van der Waals surface area contributed by atoms with Crippen LogP contribution in [0.3, 0.4) is 0 Å². The summed E-state index contributed by atoms with van der Waals surface area (Å²) in [7, 11) is 1.63. The Hall–Kier alpha value is -1.83. The number of nitrogens with zero attached hydrogens (tertiary/aromatic N) is 4. The average molecular weight is 438 g/mol. The number of halogens is 2. The second-order valence-electron chi connectivity index (χ2n) is 5.00. The number of rotatable bonds is 6. The van der Waals surface area contributed by atoms with Crippen LogP contribution in [0.4, 0.5) is 0 Å². The van der Waals surface area contributed by atoms with Crippen molar-refractivity contribution in [1.82, 2.24) is 14.9 Å². The molecule has 0 saturated heterocycles. The third kappa shape index (κ3) is 4.84. The molecule has 3 rings (SSSR count). The van der Waals surface area contributed by atoms with E-state index in [2.05, 4.69) is 31.2 Å². The number of hydrogen-bond donors (Lipinski definition) is 0. The summed E-state index contributed by atoms with van der Waals surface area (Å²) in [5.41, 5.74) is 2.01. The Kier molecular flexibility index (Phi) is 6.12. The first-order valence-electron chi connectivity index (χ1n) is 7.31. The van der Waals surface area contributed by atoms with Gasteiger partial charge in [0.05, 0.1) is 13.3 Å². The van der Waals surface area contributed by atoms with E-state index in [9.17, 15) is 0 Å². The minimum atomic E-state index is 0.708. The number of methoxy groups -OCH3 is 1. The maximum Gasteiger partial charge on any atom is 0.212 e. The van der Waals surface area contributed by atoms with Gasteiger partial charge >= 0.3 is 0 Å². The molecule has 8 heteroatoms. The van der Waals surface area contributed by atoms with Crippen LogP contribution in [0.2, 0.25) is 5.02 Å². The van der Waals surface area contributed by atoms with E-state index in [-0.39, 0.29) is 0 Å². The lowest BCUT2D eigenvalue weighted by atomic mass is 10.2. The molecule has 0 atom stereocenters. The van der Waals surface area contributed by atoms with Gasteiger partial charge < -0.3 is 4.74 Å². The largest absolute Gasteiger partial charge is 0.496 e. The van der Waals surface area contributed by atoms with Crippen LogP contribution < -0.4 is 4.74 Å². The van der Waals surface area contributed by atoms with E-state index < -0.39 is 0 Å². The highest BCUT2D eigenvalue weighted by Crippen LogP contribution is 2.23. The third-order valence-corrected chi connectivity index (χ3v) is 5.04. The van der Waals surface area contributed by atoms with Gasteiger partial charge in [0.2, 0.25) is 5.16 Å². The Morgan fingerprint density at radius 3 is 2.84 bits per heavy atom. The highest BCUT2D eigenvalue weighted by molar-refractivity contribution is 9.10. The molecule has 25 heavy (non-hydrogen) atoms. The second kappa shape index (κ2) is 8.51. The van der Waals surface area contributed by atoms with Gasteiger partial charge in [-0.3, -0.25) is 0 Å². The van der Waals surface area contributed by atoms with E-state index in [0.29, 0.717) is 5.16 Å². The van der Waals surface area contributed by atoms with Gasteiger partial charge in [-0.1, -0.05) is 51.4 Å². The molecule has 128 valence electrons. The first-order valence-corrected chi connectivity index (χ1v) is 9.46. The van der Waals surface area contributed by atoms with Crippen molar-refractivity contribution in [3.05, 3.63) is 69.4 Å². The van der Waals surface area contributed by atoms with Crippen molar-refractivity contribution in [2.45, 2.75) is 10.9 Å². The fourth-order valence-electron chi connectivity index (χ4n) is 2.05. The molecule has 3 aromatic rings. The molecule has 0 aliphatic heterocycles. The predicted molar refractivity (Wildman–Crippen MR) is 105 cm³/mol. The summed E-state index contributed by atoms with van der Waals surface area (Å²) in [6, 6.07) is 13.5. The lowest BCUT2D eigenvalue weighted by Gasteiger charge is -2.05. The molecular formula is C17H14BrClN4OS. The minimum absolute atomic E-state index is 0.708. The van der Waals surface area contributed by atoms with Gasteiger partial charge in [-0.15, -0.1) is 10.2 Å². The summed E-state index contributed by atoms with van der Waals surface area (Å²) >= 11 is 10.9. The quantitative estimate of drug-likeness (QED) is 0.407. The maximum atomic E-state index is 5.91. The number of hydrogen-bond acceptors (Lipinski definition) is 5. The lowest BCUT2D eigenvalue weighted by Crippen LogP contribution is -1.95. The molecule has 0 unspecified atom stereocenters. The molecule has 0 aliphatic carbocycles. The molecule has 2 aromatic carbocycles. The van der Waals surface area contributed by atoms with E-state index in [1.807, 2.05) is 42.5 Å². The standard InChI is InChI=1S/C17H14BrClN4OS/c1-24-16-7-4-14(18)8-13(16)9-21-23-11-20-22-17(23)25-10-12-2-5-15(19)6-3-12/h2-9,11H,10H2,1H3/b21-9+. The van der Waals surface area contributed by atoms with E-state index >= 15 is 0 Å². The Morgan fingerprint density at radius 1 is 1.28 bits per heavy atom. The van der Waals surface area contributed by atoms with Crippen molar-refractivity contribution in [2.75, 3.05) is 7.11 Å². The fourth-order valence-corrected chi connectivity index (χ4v) is 3.38. The Labute approximate surface area is 163 Å². The van der Waals surface area contributed by atoms with Crippen LogP contribution >= 0.6 is 39.3 Å². The fraction of sp³-hybridized carbons (Fsp3) is 0.118. The van der Waals surface area contributed by atoms with E-state index in [4.69, 9.17) is 16.3 Å². The SMILES string of the molecule is COc1ccc(Br)cc1/C=N/n1cnnc1SCc1ccc(Cl)cc1. The molecule has 0 radical (unpaired) electrons. The van der Waals surface area contributed by atoms with Gasteiger partial charge in [0.25, 0.3) is 0 Å². The van der Waals surface area contributed by atoms with Gasteiger partial charge in [0.1, 0.15) is 12.1 Å². The summed E-state index contributed by atoms with van der Waals surface area (Å²) in [6.45, 7) is 0. The van der Waals surface area contributed by atoms with Crippen LogP contribution in [0, 0.1) is 0 Å². The molecule has 0 saturated carbocycles. The Morgan fingerprint density at radius 2 is 2.08 bits per heavy atom. The molecule has 0 aliphatic rings. The van der Waals surface area contributed by atoms with Crippen LogP contribution in [-0.2, 0) is 5.75 Å². The monoisotopic (exact) mass is 436 g/mol. The highest BCUT2D eigenvalue weighted by atomic mass is 79.9. The van der Waals surface area contributed by atoms with E-state index in [1.54, 1.807) is 36.1 Å². The smallest absolute Gasteiger partial charge is 0.212 e. The van der Waals surface area contributed by atoms with Crippen molar-refractivity contribution in [2.24, 2.45) is 5.10 Å². The van der Waals surface area contributed by atoms with Crippen molar-refractivity contribution < 1.29 is 4.74 Å². The van der Waals surface area contributed by atoms with Crippen molar-refractivity contribution in [3.8, 4) is 5.75 Å². The van der Waals surface area contributed by atoms with Crippen LogP contribution in [0.1, 0.15) is 11.1 Å². The van der Waals surface area contributed by atoms with Crippen LogP contribution in [0.15, 0.2) is 63.5 Å². The molecule has 0 amide bonds. The summed E-state index contributed by atoms with van der Waals surface area (Å²) in [6.07, 6.45) is 3.30. The summed E-state index contributed by atoms with van der Waals surface area (Å²) in [5, 5.41) is 13.9. The van der Waals surface area contributed by atoms with Gasteiger partial charge in [-0.25, -0.2) is 0 Å². The number of ether oxygens (including phenoxy) is 1. The predicted octanol–water partition coefficient (Wildman–Crippen LogP) is 4.88. The topological polar surface area (TPSA) is 52.3 Å². The Balaban J connectivity index is 1.73. The first kappa shape index (κ1) is 18.0. The van der Waals surface area contributed by atoms with Gasteiger partial charge in [-0.2, -0.15) is 9.78 Å². The zero-order valence-corrected chi connectivity index (χ0v) is 16.4. The van der Waals surface area contributed by atoms with Gasteiger partial charge in [-0.05, 0) is 35.9 Å². The molecule has 5 nitrogen and oxygen atoms in total. The zero-order chi connectivity index (χ0) is 17.6. The van der Waals surface area contributed by atoms with Gasteiger partial charge in [0.15, 0.2) is 0 Å². The molecule has 1 heterocycles. The zero-order valence-electron chi connectivity index (χ0n) is 13.3. The second-order valence-corrected chi connectivity index (χ2v) is 7.30. The molecule has 0 N–H and O–H groups in total. The maximum absolute atomic E-state index is 5.91. The van der Waals surface area contributed by atoms with Gasteiger partial charge in [0, 0.05) is 20.8 Å². The lowest BCUT2D eigenvalue weighted by molar-refractivity contribution is 0.414. The molecule has 0 spiro atoms. The van der Waals surface area contributed by atoms with E-state index in [1.165, 1.54) is 0 Å². The normalized spacial score (nSPS) is 11.2. The summed E-state index contributed by atoms with van der Waals surface area (Å²) in [5.74, 6) is 1.50. The van der Waals surface area contributed by atoms with Crippen molar-refractivity contribution in [1.29, 1.82) is 0 Å². The summed E-state index contributed by atoms with van der Waals surface area (Å²) in [4.78, 5) is 0. The average Bonchev–Trinajstić information content (AvgIpc) is 3.07. The van der Waals surface area contributed by atoms with Crippen LogP contribution in [0.5, 0.6) is 5.75 Å². The first-order chi connectivity index (χ1) is 12.2. The third-order valence-electron chi connectivity index (χ3n) is 3.29. The minimum Gasteiger partial charge on any atom is -0.496 e. The summed E-state index contributed by atoms with van der Waals surface area (Å²) < 4.78 is 7.94. The molecule has 0 bridgehead atoms. The van der Waals surface area contributed by atoms with Crippen molar-refractivity contribution >= 4 is 45.5 Å². The molecule has 0 fully saturated rings. The number of benzene rings is 2. The van der Waals surface area contributed by atoms with Crippen LogP contribution in [0.25, 0.3) is 0 Å². The number of aromatic nitrogens is 3. The van der Waals surface area contributed by atoms with E-state index in [0.717, 1.165) is 32.1 Å². The molecule has 1 aromatic heterocycles.